The average molecular weight is 332 g/mol. The molecule has 1 saturated heterocycles. The number of nitrogens with one attached hydrogen (secondary N) is 1. The van der Waals surface area contributed by atoms with Crippen LogP contribution in [0.3, 0.4) is 0 Å². The Morgan fingerprint density at radius 2 is 2.09 bits per heavy atom. The Morgan fingerprint density at radius 1 is 1.43 bits per heavy atom. The average Bonchev–Trinajstić information content (AvgIpc) is 2.44. The third kappa shape index (κ3) is 5.34. The van der Waals surface area contributed by atoms with Crippen molar-refractivity contribution >= 4 is 11.5 Å². The quantitative estimate of drug-likeness (QED) is 0.663. The summed E-state index contributed by atoms with van der Waals surface area (Å²) in [6.45, 7) is 2.25. The number of rotatable bonds is 5. The second-order valence-electron chi connectivity index (χ2n) is 5.83. The zero-order valence-electron chi connectivity index (χ0n) is 12.8. The molecule has 9 heteroatoms. The van der Waals surface area contributed by atoms with E-state index >= 15 is 0 Å². The van der Waals surface area contributed by atoms with E-state index in [1.165, 1.54) is 11.1 Å². The van der Waals surface area contributed by atoms with Crippen LogP contribution in [0.15, 0.2) is 12.3 Å². The van der Waals surface area contributed by atoms with Crippen LogP contribution in [0.2, 0.25) is 0 Å². The third-order valence-electron chi connectivity index (χ3n) is 3.96. The summed E-state index contributed by atoms with van der Waals surface area (Å²) >= 11 is 0. The molecule has 2 rings (SSSR count). The fraction of sp³-hybridized carbons (Fsp3) is 0.643. The minimum atomic E-state index is -4.15. The number of alkyl halides is 3. The number of hydrogen-bond acceptors (Lipinski definition) is 5. The van der Waals surface area contributed by atoms with Crippen molar-refractivity contribution in [2.75, 3.05) is 31.5 Å². The van der Waals surface area contributed by atoms with Crippen LogP contribution < -0.4 is 5.32 Å². The van der Waals surface area contributed by atoms with Gasteiger partial charge in [0, 0.05) is 12.1 Å². The van der Waals surface area contributed by atoms with Crippen molar-refractivity contribution in [1.82, 2.24) is 9.88 Å². The van der Waals surface area contributed by atoms with E-state index in [0.717, 1.165) is 0 Å². The number of aromatic nitrogens is 1. The van der Waals surface area contributed by atoms with E-state index in [1.54, 1.807) is 13.0 Å². The van der Waals surface area contributed by atoms with Gasteiger partial charge in [0.05, 0.1) is 11.5 Å². The van der Waals surface area contributed by atoms with Gasteiger partial charge in [-0.1, -0.05) is 0 Å². The molecular formula is C14H19F3N4O2. The second kappa shape index (κ2) is 7.12. The van der Waals surface area contributed by atoms with Crippen molar-refractivity contribution in [2.45, 2.75) is 25.9 Å². The number of piperidine rings is 1. The first-order chi connectivity index (χ1) is 10.7. The van der Waals surface area contributed by atoms with E-state index in [1.807, 2.05) is 0 Å². The van der Waals surface area contributed by atoms with Gasteiger partial charge >= 0.3 is 6.18 Å². The summed E-state index contributed by atoms with van der Waals surface area (Å²) in [6, 6.07) is 1.61. The van der Waals surface area contributed by atoms with Gasteiger partial charge in [0.1, 0.15) is 12.0 Å². The van der Waals surface area contributed by atoms with E-state index in [0.29, 0.717) is 43.9 Å². The van der Waals surface area contributed by atoms with E-state index < -0.39 is 17.6 Å². The molecule has 128 valence electrons. The lowest BCUT2D eigenvalue weighted by molar-refractivity contribution is -0.385. The maximum Gasteiger partial charge on any atom is 0.401 e. The number of pyridine rings is 1. The maximum absolute atomic E-state index is 12.3. The Kier molecular flexibility index (Phi) is 5.40. The molecule has 1 fully saturated rings. The fourth-order valence-electron chi connectivity index (χ4n) is 2.69. The van der Waals surface area contributed by atoms with Crippen LogP contribution in [0.25, 0.3) is 0 Å². The van der Waals surface area contributed by atoms with E-state index in [-0.39, 0.29) is 11.6 Å². The molecule has 0 unspecified atom stereocenters. The highest BCUT2D eigenvalue weighted by Crippen LogP contribution is 2.23. The summed E-state index contributed by atoms with van der Waals surface area (Å²) in [7, 11) is 0. The molecule has 0 amide bonds. The molecule has 2 heterocycles. The second-order valence-corrected chi connectivity index (χ2v) is 5.83. The highest BCUT2D eigenvalue weighted by molar-refractivity contribution is 5.46. The van der Waals surface area contributed by atoms with Gasteiger partial charge in [-0.3, -0.25) is 15.0 Å². The molecule has 0 radical (unpaired) electrons. The van der Waals surface area contributed by atoms with Crippen LogP contribution in [0.4, 0.5) is 24.7 Å². The number of aryl methyl sites for hydroxylation is 1. The van der Waals surface area contributed by atoms with E-state index in [2.05, 4.69) is 10.3 Å². The molecule has 0 bridgehead atoms. The number of halogens is 3. The lowest BCUT2D eigenvalue weighted by Gasteiger charge is -2.32. The summed E-state index contributed by atoms with van der Waals surface area (Å²) < 4.78 is 37.0. The van der Waals surface area contributed by atoms with Gasteiger partial charge in [-0.25, -0.2) is 4.98 Å². The molecule has 0 aliphatic carbocycles. The molecule has 1 N–H and O–H groups in total. The van der Waals surface area contributed by atoms with Crippen LogP contribution in [0, 0.1) is 23.0 Å². The van der Waals surface area contributed by atoms with Gasteiger partial charge in [0.2, 0.25) is 0 Å². The first-order valence-electron chi connectivity index (χ1n) is 7.38. The number of anilines is 1. The number of hydrogen-bond donors (Lipinski definition) is 1. The van der Waals surface area contributed by atoms with Crippen molar-refractivity contribution in [3.63, 3.8) is 0 Å². The molecule has 6 nitrogen and oxygen atoms in total. The van der Waals surface area contributed by atoms with E-state index in [4.69, 9.17) is 0 Å². The molecule has 0 spiro atoms. The smallest absolute Gasteiger partial charge is 0.370 e. The molecule has 1 aliphatic heterocycles. The first kappa shape index (κ1) is 17.5. The van der Waals surface area contributed by atoms with Gasteiger partial charge in [-0.05, 0) is 44.8 Å². The summed E-state index contributed by atoms with van der Waals surface area (Å²) in [5.74, 6) is 0.822. The SMILES string of the molecule is Cc1cc(NCC2CCN(CC(F)(F)F)CC2)ncc1[N+](=O)[O-]. The number of likely N-dealkylation sites (tertiary alicyclic amines) is 1. The van der Waals surface area contributed by atoms with Gasteiger partial charge < -0.3 is 5.32 Å². The fourth-order valence-corrected chi connectivity index (χ4v) is 2.69. The summed E-state index contributed by atoms with van der Waals surface area (Å²) in [6.07, 6.45) is -1.56. The lowest BCUT2D eigenvalue weighted by atomic mass is 9.97. The Labute approximate surface area is 131 Å². The van der Waals surface area contributed by atoms with Crippen molar-refractivity contribution < 1.29 is 18.1 Å². The van der Waals surface area contributed by atoms with Crippen molar-refractivity contribution in [3.8, 4) is 0 Å². The summed E-state index contributed by atoms with van der Waals surface area (Å²) in [5, 5.41) is 13.8. The monoisotopic (exact) mass is 332 g/mol. The van der Waals surface area contributed by atoms with Gasteiger partial charge in [0.25, 0.3) is 5.69 Å². The van der Waals surface area contributed by atoms with Crippen LogP contribution in [-0.2, 0) is 0 Å². The standard InChI is InChI=1S/C14H19F3N4O2/c1-10-6-13(19-8-12(10)21(22)23)18-7-11-2-4-20(5-3-11)9-14(15,16)17/h6,8,11H,2-5,7,9H2,1H3,(H,18,19). The molecule has 1 aromatic rings. The summed E-state index contributed by atoms with van der Waals surface area (Å²) in [5.41, 5.74) is 0.489. The van der Waals surface area contributed by atoms with Crippen LogP contribution in [0.5, 0.6) is 0 Å². The van der Waals surface area contributed by atoms with Crippen LogP contribution >= 0.6 is 0 Å². The van der Waals surface area contributed by atoms with Crippen LogP contribution in [0.1, 0.15) is 18.4 Å². The predicted molar refractivity (Wildman–Crippen MR) is 79.3 cm³/mol. The molecule has 0 aromatic carbocycles. The highest BCUT2D eigenvalue weighted by atomic mass is 19.4. The zero-order chi connectivity index (χ0) is 17.0. The van der Waals surface area contributed by atoms with E-state index in [9.17, 15) is 23.3 Å². The topological polar surface area (TPSA) is 71.3 Å². The molecule has 23 heavy (non-hydrogen) atoms. The normalized spacial score (nSPS) is 17.2. The molecule has 0 atom stereocenters. The Hall–Kier alpha value is -1.90. The van der Waals surface area contributed by atoms with Crippen LogP contribution in [-0.4, -0.2) is 47.2 Å². The predicted octanol–water partition coefficient (Wildman–Crippen LogP) is 2.98. The number of nitro groups is 1. The minimum absolute atomic E-state index is 0.0315. The van der Waals surface area contributed by atoms with Gasteiger partial charge in [0.15, 0.2) is 0 Å². The van der Waals surface area contributed by atoms with Crippen molar-refractivity contribution in [1.29, 1.82) is 0 Å². The first-order valence-corrected chi connectivity index (χ1v) is 7.38. The Balaban J connectivity index is 1.79. The molecular weight excluding hydrogens is 313 g/mol. The Bertz CT molecular complexity index is 557. The third-order valence-corrected chi connectivity index (χ3v) is 3.96. The Morgan fingerprint density at radius 3 is 2.61 bits per heavy atom. The molecule has 0 saturated carbocycles. The highest BCUT2D eigenvalue weighted by Gasteiger charge is 2.32. The molecule has 1 aromatic heterocycles. The largest absolute Gasteiger partial charge is 0.401 e. The van der Waals surface area contributed by atoms with Crippen molar-refractivity contribution in [2.24, 2.45) is 5.92 Å². The van der Waals surface area contributed by atoms with Gasteiger partial charge in [-0.2, -0.15) is 13.2 Å². The maximum atomic E-state index is 12.3. The minimum Gasteiger partial charge on any atom is -0.370 e. The lowest BCUT2D eigenvalue weighted by Crippen LogP contribution is -2.41. The summed E-state index contributed by atoms with van der Waals surface area (Å²) in [4.78, 5) is 15.7. The number of nitrogens with zero attached hydrogens (tertiary/aromatic N) is 3. The molecule has 1 aliphatic rings. The van der Waals surface area contributed by atoms with Crippen molar-refractivity contribution in [3.05, 3.63) is 27.9 Å². The zero-order valence-corrected chi connectivity index (χ0v) is 12.8. The van der Waals surface area contributed by atoms with Gasteiger partial charge in [-0.15, -0.1) is 0 Å².